The van der Waals surface area contributed by atoms with Crippen LogP contribution in [0.2, 0.25) is 0 Å². The maximum Gasteiger partial charge on any atom is 0.255 e. The van der Waals surface area contributed by atoms with E-state index in [2.05, 4.69) is 31.6 Å². The van der Waals surface area contributed by atoms with E-state index >= 15 is 0 Å². The number of benzene rings is 1. The Morgan fingerprint density at radius 1 is 1.38 bits per heavy atom. The molecule has 0 radical (unpaired) electrons. The fourth-order valence-electron chi connectivity index (χ4n) is 2.73. The van der Waals surface area contributed by atoms with Gasteiger partial charge in [-0.2, -0.15) is 0 Å². The Bertz CT molecular complexity index is 602. The van der Waals surface area contributed by atoms with Crippen molar-refractivity contribution in [3.8, 4) is 0 Å². The summed E-state index contributed by atoms with van der Waals surface area (Å²) in [5.41, 5.74) is 4.62. The van der Waals surface area contributed by atoms with E-state index in [1.807, 2.05) is 24.3 Å². The number of carbonyl (C=O) groups is 1. The molecule has 1 amide bonds. The molecule has 6 nitrogen and oxygen atoms in total. The van der Waals surface area contributed by atoms with E-state index in [0.717, 1.165) is 55.0 Å². The van der Waals surface area contributed by atoms with Gasteiger partial charge in [-0.3, -0.25) is 20.0 Å². The third-order valence-electron chi connectivity index (χ3n) is 4.06. The van der Waals surface area contributed by atoms with Gasteiger partial charge in [-0.1, -0.05) is 28.1 Å². The van der Waals surface area contributed by atoms with Crippen LogP contribution in [0, 0.1) is 0 Å². The lowest BCUT2D eigenvalue weighted by molar-refractivity contribution is -0.131. The molecule has 2 N–H and O–H groups in total. The molecule has 0 bridgehead atoms. The van der Waals surface area contributed by atoms with Crippen molar-refractivity contribution in [1.29, 1.82) is 0 Å². The number of morpholine rings is 1. The first-order valence-electron chi connectivity index (χ1n) is 8.19. The number of halogens is 1. The van der Waals surface area contributed by atoms with Gasteiger partial charge >= 0.3 is 0 Å². The Morgan fingerprint density at radius 3 is 3.00 bits per heavy atom. The van der Waals surface area contributed by atoms with Crippen LogP contribution in [0.1, 0.15) is 12.0 Å². The Labute approximate surface area is 150 Å². The van der Waals surface area contributed by atoms with E-state index in [-0.39, 0.29) is 5.91 Å². The van der Waals surface area contributed by atoms with Gasteiger partial charge in [0.15, 0.2) is 6.10 Å². The molecule has 0 spiro atoms. The zero-order valence-electron chi connectivity index (χ0n) is 13.5. The Morgan fingerprint density at radius 2 is 2.21 bits per heavy atom. The molecule has 0 aromatic heterocycles. The summed E-state index contributed by atoms with van der Waals surface area (Å²) in [6, 6.07) is 7.85. The molecule has 1 atom stereocenters. The van der Waals surface area contributed by atoms with Crippen LogP contribution in [-0.4, -0.2) is 56.3 Å². The SMILES string of the molecule is O=C(NCCCN1CCOCC1)[C@H]1C=C(c2cccc(Br)c2)NO1. The van der Waals surface area contributed by atoms with Crippen molar-refractivity contribution in [1.82, 2.24) is 15.7 Å². The second-order valence-corrected chi connectivity index (χ2v) is 6.75. The highest BCUT2D eigenvalue weighted by Crippen LogP contribution is 2.21. The van der Waals surface area contributed by atoms with Gasteiger partial charge in [-0.15, -0.1) is 0 Å². The van der Waals surface area contributed by atoms with Crippen molar-refractivity contribution in [3.05, 3.63) is 40.4 Å². The fourth-order valence-corrected chi connectivity index (χ4v) is 3.13. The highest BCUT2D eigenvalue weighted by Gasteiger charge is 2.24. The Balaban J connectivity index is 1.42. The molecule has 1 saturated heterocycles. The van der Waals surface area contributed by atoms with Crippen LogP contribution in [0.25, 0.3) is 5.70 Å². The molecular weight excluding hydrogens is 374 g/mol. The van der Waals surface area contributed by atoms with Gasteiger partial charge in [0.2, 0.25) is 0 Å². The molecule has 2 heterocycles. The number of nitrogens with one attached hydrogen (secondary N) is 2. The van der Waals surface area contributed by atoms with Gasteiger partial charge in [0.1, 0.15) is 0 Å². The van der Waals surface area contributed by atoms with Crippen molar-refractivity contribution in [3.63, 3.8) is 0 Å². The predicted molar refractivity (Wildman–Crippen MR) is 95.0 cm³/mol. The summed E-state index contributed by atoms with van der Waals surface area (Å²) >= 11 is 3.44. The van der Waals surface area contributed by atoms with Crippen molar-refractivity contribution in [2.45, 2.75) is 12.5 Å². The first-order chi connectivity index (χ1) is 11.7. The van der Waals surface area contributed by atoms with Crippen LogP contribution in [0.5, 0.6) is 0 Å². The largest absolute Gasteiger partial charge is 0.379 e. The van der Waals surface area contributed by atoms with Gasteiger partial charge in [0.05, 0.1) is 18.9 Å². The lowest BCUT2D eigenvalue weighted by Gasteiger charge is -2.26. The second kappa shape index (κ2) is 8.62. The Kier molecular flexibility index (Phi) is 6.25. The van der Waals surface area contributed by atoms with Crippen LogP contribution in [0.4, 0.5) is 0 Å². The van der Waals surface area contributed by atoms with Crippen LogP contribution in [0.15, 0.2) is 34.8 Å². The molecule has 3 rings (SSSR count). The molecule has 0 unspecified atom stereocenters. The van der Waals surface area contributed by atoms with Gasteiger partial charge in [0, 0.05) is 29.7 Å². The van der Waals surface area contributed by atoms with E-state index in [1.54, 1.807) is 6.08 Å². The molecule has 130 valence electrons. The molecule has 1 aromatic rings. The Hall–Kier alpha value is -1.41. The van der Waals surface area contributed by atoms with Gasteiger partial charge in [-0.05, 0) is 31.2 Å². The highest BCUT2D eigenvalue weighted by molar-refractivity contribution is 9.10. The summed E-state index contributed by atoms with van der Waals surface area (Å²) < 4.78 is 6.31. The molecule has 24 heavy (non-hydrogen) atoms. The molecule has 0 saturated carbocycles. The fraction of sp³-hybridized carbons (Fsp3) is 0.471. The summed E-state index contributed by atoms with van der Waals surface area (Å²) in [5, 5.41) is 2.93. The van der Waals surface area contributed by atoms with Crippen molar-refractivity contribution >= 4 is 27.5 Å². The number of hydrogen-bond donors (Lipinski definition) is 2. The number of carbonyl (C=O) groups excluding carboxylic acids is 1. The van der Waals surface area contributed by atoms with E-state index in [9.17, 15) is 4.79 Å². The maximum absolute atomic E-state index is 12.2. The minimum absolute atomic E-state index is 0.116. The second-order valence-electron chi connectivity index (χ2n) is 5.83. The number of amides is 1. The van der Waals surface area contributed by atoms with E-state index < -0.39 is 6.10 Å². The summed E-state index contributed by atoms with van der Waals surface area (Å²) in [6.45, 7) is 5.18. The lowest BCUT2D eigenvalue weighted by atomic mass is 10.1. The summed E-state index contributed by atoms with van der Waals surface area (Å²) in [6.07, 6.45) is 2.13. The molecule has 0 aliphatic carbocycles. The maximum atomic E-state index is 12.2. The first-order valence-corrected chi connectivity index (χ1v) is 8.99. The van der Waals surface area contributed by atoms with Crippen molar-refractivity contribution in [2.24, 2.45) is 0 Å². The number of ether oxygens (including phenoxy) is 1. The number of nitrogens with zero attached hydrogens (tertiary/aromatic N) is 1. The van der Waals surface area contributed by atoms with Crippen LogP contribution in [0.3, 0.4) is 0 Å². The standard InChI is InChI=1S/C17H22BrN3O3/c18-14-4-1-3-13(11-14)15-12-16(24-20-15)17(22)19-5-2-6-21-7-9-23-10-8-21/h1,3-4,11-12,16,20H,2,5-10H2,(H,19,22)/t16-/m1/s1. The molecule has 1 fully saturated rings. The monoisotopic (exact) mass is 395 g/mol. The third kappa shape index (κ3) is 4.80. The zero-order valence-corrected chi connectivity index (χ0v) is 15.0. The molecular formula is C17H22BrN3O3. The predicted octanol–water partition coefficient (Wildman–Crippen LogP) is 1.53. The van der Waals surface area contributed by atoms with Crippen LogP contribution in [-0.2, 0) is 14.4 Å². The molecule has 2 aliphatic heterocycles. The van der Waals surface area contributed by atoms with Gasteiger partial charge in [0.25, 0.3) is 5.91 Å². The highest BCUT2D eigenvalue weighted by atomic mass is 79.9. The summed E-state index contributed by atoms with van der Waals surface area (Å²) in [4.78, 5) is 19.9. The van der Waals surface area contributed by atoms with Crippen LogP contribution >= 0.6 is 15.9 Å². The normalized spacial score (nSPS) is 21.2. The average molecular weight is 396 g/mol. The summed E-state index contributed by atoms with van der Waals surface area (Å²) in [7, 11) is 0. The average Bonchev–Trinajstić information content (AvgIpc) is 3.10. The molecule has 2 aliphatic rings. The zero-order chi connectivity index (χ0) is 16.8. The lowest BCUT2D eigenvalue weighted by Crippen LogP contribution is -2.39. The van der Waals surface area contributed by atoms with Crippen molar-refractivity contribution < 1.29 is 14.4 Å². The minimum Gasteiger partial charge on any atom is -0.379 e. The smallest absolute Gasteiger partial charge is 0.255 e. The van der Waals surface area contributed by atoms with Gasteiger partial charge in [-0.25, -0.2) is 0 Å². The quantitative estimate of drug-likeness (QED) is 0.715. The minimum atomic E-state index is -0.595. The topological polar surface area (TPSA) is 62.8 Å². The number of hydrogen-bond acceptors (Lipinski definition) is 5. The first kappa shape index (κ1) is 17.4. The van der Waals surface area contributed by atoms with Gasteiger partial charge < -0.3 is 10.1 Å². The molecule has 7 heteroatoms. The number of hydroxylamine groups is 1. The van der Waals surface area contributed by atoms with E-state index in [0.29, 0.717) is 6.54 Å². The summed E-state index contributed by atoms with van der Waals surface area (Å²) in [5.74, 6) is -0.116. The molecule has 1 aromatic carbocycles. The van der Waals surface area contributed by atoms with E-state index in [4.69, 9.17) is 9.57 Å². The third-order valence-corrected chi connectivity index (χ3v) is 4.56. The van der Waals surface area contributed by atoms with E-state index in [1.165, 1.54) is 0 Å². The van der Waals surface area contributed by atoms with Crippen LogP contribution < -0.4 is 10.8 Å². The number of rotatable bonds is 6. The van der Waals surface area contributed by atoms with Crippen molar-refractivity contribution in [2.75, 3.05) is 39.4 Å².